The maximum Gasteiger partial charge on any atom is 0.0678 e. The Hall–Kier alpha value is -0.340. The topological polar surface area (TPSA) is 12.9 Å². The molecule has 0 N–H and O–H groups in total. The van der Waals surface area contributed by atoms with Gasteiger partial charge in [0, 0.05) is 16.5 Å². The lowest BCUT2D eigenvalue weighted by atomic mass is 10.2. The minimum Gasteiger partial charge on any atom is -0.256 e. The molecule has 3 heteroatoms. The molecule has 0 spiro atoms. The van der Waals surface area contributed by atoms with Crippen molar-refractivity contribution in [1.82, 2.24) is 4.98 Å². The van der Waals surface area contributed by atoms with Crippen LogP contribution >= 0.6 is 27.5 Å². The first-order valence-electron chi connectivity index (χ1n) is 3.09. The number of alkyl halides is 1. The zero-order valence-electron chi connectivity index (χ0n) is 5.85. The van der Waals surface area contributed by atoms with Gasteiger partial charge in [-0.1, -0.05) is 34.1 Å². The highest BCUT2D eigenvalue weighted by atomic mass is 79.9. The molecule has 0 saturated heterocycles. The molecule has 0 aliphatic heterocycles. The molecule has 58 valence electrons. The Morgan fingerprint density at radius 2 is 2.45 bits per heavy atom. The van der Waals surface area contributed by atoms with E-state index in [1.807, 2.05) is 0 Å². The van der Waals surface area contributed by atoms with Crippen LogP contribution in [-0.4, -0.2) is 10.3 Å². The third-order valence-electron chi connectivity index (χ3n) is 1.25. The van der Waals surface area contributed by atoms with Gasteiger partial charge in [-0.15, -0.1) is 0 Å². The first kappa shape index (κ1) is 8.75. The number of rotatable bonds is 2. The van der Waals surface area contributed by atoms with Crippen LogP contribution in [0.15, 0.2) is 24.9 Å². The molecule has 0 radical (unpaired) electrons. The molecule has 0 amide bonds. The number of hydrogen-bond donors (Lipinski definition) is 0. The van der Waals surface area contributed by atoms with E-state index in [1.54, 1.807) is 18.3 Å². The summed E-state index contributed by atoms with van der Waals surface area (Å²) in [7, 11) is 0. The summed E-state index contributed by atoms with van der Waals surface area (Å²) in [6.45, 7) is 3.82. The molecule has 0 fully saturated rings. The molecule has 0 aliphatic carbocycles. The van der Waals surface area contributed by atoms with E-state index in [0.717, 1.165) is 16.6 Å². The number of halogens is 2. The monoisotopic (exact) mass is 231 g/mol. The van der Waals surface area contributed by atoms with Crippen LogP contribution in [0.25, 0.3) is 5.57 Å². The van der Waals surface area contributed by atoms with Gasteiger partial charge in [0.1, 0.15) is 0 Å². The third kappa shape index (κ3) is 2.31. The number of allylic oxidation sites excluding steroid dienone is 1. The minimum atomic E-state index is 0.692. The molecule has 1 aromatic heterocycles. The normalized spacial score (nSPS) is 9.64. The first-order chi connectivity index (χ1) is 5.24. The van der Waals surface area contributed by atoms with Gasteiger partial charge >= 0.3 is 0 Å². The highest BCUT2D eigenvalue weighted by molar-refractivity contribution is 9.09. The summed E-state index contributed by atoms with van der Waals surface area (Å²) in [6.07, 6.45) is 1.67. The second kappa shape index (κ2) is 3.88. The van der Waals surface area contributed by atoms with Gasteiger partial charge in [-0.2, -0.15) is 0 Å². The molecular weight excluding hydrogens is 225 g/mol. The highest BCUT2D eigenvalue weighted by Crippen LogP contribution is 2.15. The summed E-state index contributed by atoms with van der Waals surface area (Å²) in [6, 6.07) is 3.54. The summed E-state index contributed by atoms with van der Waals surface area (Å²) in [5, 5.41) is 1.41. The summed E-state index contributed by atoms with van der Waals surface area (Å²) in [4.78, 5) is 4.10. The number of nitrogens with zero attached hydrogens (tertiary/aromatic N) is 1. The van der Waals surface area contributed by atoms with Gasteiger partial charge < -0.3 is 0 Å². The second-order valence-corrected chi connectivity index (χ2v) is 3.09. The number of pyridine rings is 1. The molecule has 11 heavy (non-hydrogen) atoms. The minimum absolute atomic E-state index is 0.692. The average Bonchev–Trinajstić information content (AvgIpc) is 2.03. The van der Waals surface area contributed by atoms with Crippen molar-refractivity contribution < 1.29 is 0 Å². The quantitative estimate of drug-likeness (QED) is 0.714. The van der Waals surface area contributed by atoms with Gasteiger partial charge in [0.2, 0.25) is 0 Å². The zero-order valence-corrected chi connectivity index (χ0v) is 8.19. The summed E-state index contributed by atoms with van der Waals surface area (Å²) in [5.41, 5.74) is 1.78. The average molecular weight is 233 g/mol. The second-order valence-electron chi connectivity index (χ2n) is 2.10. The Balaban J connectivity index is 2.96. The van der Waals surface area contributed by atoms with Crippen LogP contribution in [-0.2, 0) is 0 Å². The molecule has 0 atom stereocenters. The fraction of sp³-hybridized carbons (Fsp3) is 0.125. The molecule has 1 rings (SSSR count). The smallest absolute Gasteiger partial charge is 0.0678 e. The van der Waals surface area contributed by atoms with Crippen LogP contribution in [0.1, 0.15) is 5.69 Å². The Bertz CT molecular complexity index is 273. The standard InChI is InChI=1S/C8H7BrClN/c1-6(5-9)8-4-7(10)2-3-11-8/h2-4H,1,5H2. The van der Waals surface area contributed by atoms with Crippen LogP contribution in [0.4, 0.5) is 0 Å². The van der Waals surface area contributed by atoms with E-state index >= 15 is 0 Å². The van der Waals surface area contributed by atoms with Crippen molar-refractivity contribution in [1.29, 1.82) is 0 Å². The molecule has 0 aromatic carbocycles. The first-order valence-corrected chi connectivity index (χ1v) is 4.59. The van der Waals surface area contributed by atoms with Gasteiger partial charge in [-0.05, 0) is 17.7 Å². The third-order valence-corrected chi connectivity index (χ3v) is 2.16. The molecular formula is C8H7BrClN. The lowest BCUT2D eigenvalue weighted by molar-refractivity contribution is 1.27. The SMILES string of the molecule is C=C(CBr)c1cc(Cl)ccn1. The molecule has 0 saturated carbocycles. The van der Waals surface area contributed by atoms with Crippen molar-refractivity contribution in [2.24, 2.45) is 0 Å². The summed E-state index contributed by atoms with van der Waals surface area (Å²) < 4.78 is 0. The molecule has 1 nitrogen and oxygen atoms in total. The Labute approximate surface area is 79.2 Å². The largest absolute Gasteiger partial charge is 0.256 e. The number of hydrogen-bond acceptors (Lipinski definition) is 1. The van der Waals surface area contributed by atoms with Gasteiger partial charge in [-0.25, -0.2) is 0 Å². The summed E-state index contributed by atoms with van der Waals surface area (Å²) >= 11 is 9.04. The van der Waals surface area contributed by atoms with Crippen LogP contribution in [0.3, 0.4) is 0 Å². The maximum absolute atomic E-state index is 5.75. The van der Waals surface area contributed by atoms with Crippen molar-refractivity contribution in [3.05, 3.63) is 35.6 Å². The van der Waals surface area contributed by atoms with E-state index in [-0.39, 0.29) is 0 Å². The van der Waals surface area contributed by atoms with E-state index in [2.05, 4.69) is 27.5 Å². The fourth-order valence-electron chi connectivity index (χ4n) is 0.667. The highest BCUT2D eigenvalue weighted by Gasteiger charge is 1.97. The van der Waals surface area contributed by atoms with Crippen molar-refractivity contribution >= 4 is 33.1 Å². The van der Waals surface area contributed by atoms with Crippen LogP contribution in [0.5, 0.6) is 0 Å². The van der Waals surface area contributed by atoms with Crippen LogP contribution in [0, 0.1) is 0 Å². The Kier molecular flexibility index (Phi) is 3.09. The van der Waals surface area contributed by atoms with Crippen LogP contribution in [0.2, 0.25) is 5.02 Å². The van der Waals surface area contributed by atoms with Gasteiger partial charge in [-0.3, -0.25) is 4.98 Å². The van der Waals surface area contributed by atoms with E-state index in [4.69, 9.17) is 11.6 Å². The number of aromatic nitrogens is 1. The lowest BCUT2D eigenvalue weighted by Crippen LogP contribution is -1.87. The maximum atomic E-state index is 5.75. The van der Waals surface area contributed by atoms with Crippen molar-refractivity contribution in [3.63, 3.8) is 0 Å². The van der Waals surface area contributed by atoms with E-state index in [0.29, 0.717) is 5.02 Å². The van der Waals surface area contributed by atoms with Gasteiger partial charge in [0.25, 0.3) is 0 Å². The van der Waals surface area contributed by atoms with E-state index < -0.39 is 0 Å². The molecule has 0 aliphatic rings. The predicted molar refractivity (Wildman–Crippen MR) is 52.1 cm³/mol. The van der Waals surface area contributed by atoms with Crippen molar-refractivity contribution in [2.75, 3.05) is 5.33 Å². The Morgan fingerprint density at radius 3 is 3.00 bits per heavy atom. The van der Waals surface area contributed by atoms with E-state index in [1.165, 1.54) is 0 Å². The molecule has 1 heterocycles. The fourth-order valence-corrected chi connectivity index (χ4v) is 1.11. The molecule has 0 bridgehead atoms. The van der Waals surface area contributed by atoms with Gasteiger partial charge in [0.05, 0.1) is 5.69 Å². The molecule has 0 unspecified atom stereocenters. The zero-order chi connectivity index (χ0) is 8.27. The van der Waals surface area contributed by atoms with Crippen LogP contribution < -0.4 is 0 Å². The predicted octanol–water partition coefficient (Wildman–Crippen LogP) is 3.14. The summed E-state index contributed by atoms with van der Waals surface area (Å²) in [5.74, 6) is 0. The lowest BCUT2D eigenvalue weighted by Gasteiger charge is -1.99. The van der Waals surface area contributed by atoms with Crippen molar-refractivity contribution in [3.8, 4) is 0 Å². The van der Waals surface area contributed by atoms with Gasteiger partial charge in [0.15, 0.2) is 0 Å². The van der Waals surface area contributed by atoms with E-state index in [9.17, 15) is 0 Å². The Morgan fingerprint density at radius 1 is 1.73 bits per heavy atom. The molecule has 1 aromatic rings. The van der Waals surface area contributed by atoms with Crippen molar-refractivity contribution in [2.45, 2.75) is 0 Å².